The van der Waals surface area contributed by atoms with Crippen LogP contribution in [0, 0.1) is 0 Å². The molecule has 0 aliphatic heterocycles. The van der Waals surface area contributed by atoms with Crippen LogP contribution >= 0.6 is 0 Å². The molecule has 0 aromatic rings. The van der Waals surface area contributed by atoms with E-state index in [1.54, 1.807) is 0 Å². The molecule has 3 unspecified atom stereocenters. The van der Waals surface area contributed by atoms with E-state index in [1.165, 1.54) is 0 Å². The Morgan fingerprint density at radius 3 is 1.33 bits per heavy atom. The van der Waals surface area contributed by atoms with E-state index < -0.39 is 97.1 Å². The Hall–Kier alpha value is -3.96. The van der Waals surface area contributed by atoms with Gasteiger partial charge in [0.25, 0.3) is 0 Å². The van der Waals surface area contributed by atoms with Gasteiger partial charge in [0.1, 0.15) is 6.04 Å². The highest BCUT2D eigenvalue weighted by molar-refractivity contribution is 5.96. The molecule has 0 aliphatic rings. The van der Waals surface area contributed by atoms with Crippen molar-refractivity contribution in [1.82, 2.24) is 0 Å². The largest absolute Gasteiger partial charge is 0.481 e. The molecule has 184 valence electrons. The minimum atomic E-state index is -3.12. The van der Waals surface area contributed by atoms with Crippen molar-refractivity contribution in [3.63, 3.8) is 0 Å². The van der Waals surface area contributed by atoms with Crippen LogP contribution in [0.5, 0.6) is 0 Å². The summed E-state index contributed by atoms with van der Waals surface area (Å²) in [5, 5.41) is 54.2. The van der Waals surface area contributed by atoms with Crippen molar-refractivity contribution in [2.24, 2.45) is 5.73 Å². The van der Waals surface area contributed by atoms with Crippen LogP contribution in [0.1, 0.15) is 32.1 Å². The summed E-state index contributed by atoms with van der Waals surface area (Å²) in [4.78, 5) is 89.6. The minimum Gasteiger partial charge on any atom is -0.481 e. The fraction of sp³-hybridized carbons (Fsp3) is 0.500. The Morgan fingerprint density at radius 2 is 1.00 bits per heavy atom. The Bertz CT molecular complexity index is 865. The number of ether oxygens (including phenoxy) is 2. The lowest BCUT2D eigenvalue weighted by Crippen LogP contribution is -2.44. The van der Waals surface area contributed by atoms with Gasteiger partial charge < -0.3 is 45.8 Å². The summed E-state index contributed by atoms with van der Waals surface area (Å²) < 4.78 is 8.22. The number of aliphatic carboxylic acids is 4. The molecule has 0 aliphatic carbocycles. The lowest BCUT2D eigenvalue weighted by Gasteiger charge is -2.20. The van der Waals surface area contributed by atoms with Crippen molar-refractivity contribution in [3.05, 3.63) is 0 Å². The number of esters is 4. The molecule has 17 heteroatoms. The summed E-state index contributed by atoms with van der Waals surface area (Å²) in [5.74, 6) is -14.4. The zero-order chi connectivity index (χ0) is 26.1. The number of carbonyl (C=O) groups is 8. The summed E-state index contributed by atoms with van der Waals surface area (Å²) in [6.45, 7) is 0. The Kier molecular flexibility index (Phi) is 10.2. The third-order valence-corrected chi connectivity index (χ3v) is 3.69. The molecule has 0 aromatic carbocycles. The molecule has 0 saturated carbocycles. The molecule has 8 N–H and O–H groups in total. The molecule has 0 fully saturated rings. The summed E-state index contributed by atoms with van der Waals surface area (Å²) in [6, 6.07) is -2.00. The van der Waals surface area contributed by atoms with Gasteiger partial charge in [0.15, 0.2) is 11.2 Å². The average Bonchev–Trinajstić information content (AvgIpc) is 2.58. The molecule has 0 bridgehead atoms. The van der Waals surface area contributed by atoms with E-state index in [0.717, 1.165) is 0 Å². The van der Waals surface area contributed by atoms with E-state index in [4.69, 9.17) is 26.2 Å². The Balaban J connectivity index is 4.91. The van der Waals surface area contributed by atoms with Crippen LogP contribution in [-0.2, 0) is 47.8 Å². The molecule has 0 heterocycles. The first kappa shape index (κ1) is 29.0. The first-order chi connectivity index (χ1) is 14.9. The molecule has 0 saturated heterocycles. The second-order valence-corrected chi connectivity index (χ2v) is 6.62. The van der Waals surface area contributed by atoms with Crippen LogP contribution in [0.4, 0.5) is 0 Å². The van der Waals surface area contributed by atoms with Crippen LogP contribution in [0.25, 0.3) is 0 Å². The molecule has 0 spiro atoms. The fourth-order valence-electron chi connectivity index (χ4n) is 2.10. The van der Waals surface area contributed by atoms with E-state index in [1.807, 2.05) is 0 Å². The fourth-order valence-corrected chi connectivity index (χ4v) is 2.10. The molecule has 0 radical (unpaired) electrons. The second-order valence-electron chi connectivity index (χ2n) is 6.62. The maximum atomic E-state index is 11.7. The SMILES string of the molecule is NC(CC(=O)OC(=O)CC(O)(CC(=O)O)C(=O)O)C(=O)OC(=O)CC(O)(CC(=O)O)C(=O)O. The monoisotopic (exact) mass is 481 g/mol. The van der Waals surface area contributed by atoms with Gasteiger partial charge in [0, 0.05) is 0 Å². The molecule has 3 atom stereocenters. The van der Waals surface area contributed by atoms with Crippen molar-refractivity contribution in [3.8, 4) is 0 Å². The number of rotatable bonds is 13. The molecule has 0 amide bonds. The van der Waals surface area contributed by atoms with Gasteiger partial charge in [-0.25, -0.2) is 14.4 Å². The maximum Gasteiger partial charge on any atom is 0.336 e. The first-order valence-electron chi connectivity index (χ1n) is 8.50. The van der Waals surface area contributed by atoms with Crippen molar-refractivity contribution < 1.29 is 78.5 Å². The Labute approximate surface area is 182 Å². The van der Waals surface area contributed by atoms with Gasteiger partial charge in [-0.15, -0.1) is 0 Å². The lowest BCUT2D eigenvalue weighted by atomic mass is 9.96. The van der Waals surface area contributed by atoms with Crippen LogP contribution in [0.2, 0.25) is 0 Å². The number of carboxylic acid groups (broad SMARTS) is 4. The van der Waals surface area contributed by atoms with E-state index in [0.29, 0.717) is 0 Å². The average molecular weight is 481 g/mol. The number of hydrogen-bond acceptors (Lipinski definition) is 13. The normalized spacial score (nSPS) is 15.1. The summed E-state index contributed by atoms with van der Waals surface area (Å²) in [5.41, 5.74) is -0.964. The number of carboxylic acids is 4. The molecule has 0 rings (SSSR count). The van der Waals surface area contributed by atoms with Gasteiger partial charge in [-0.1, -0.05) is 0 Å². The van der Waals surface area contributed by atoms with E-state index in [2.05, 4.69) is 9.47 Å². The van der Waals surface area contributed by atoms with Crippen molar-refractivity contribution in [1.29, 1.82) is 0 Å². The number of nitrogens with two attached hydrogens (primary N) is 1. The summed E-state index contributed by atoms with van der Waals surface area (Å²) >= 11 is 0. The molecular weight excluding hydrogens is 462 g/mol. The highest BCUT2D eigenvalue weighted by Crippen LogP contribution is 2.18. The van der Waals surface area contributed by atoms with Crippen molar-refractivity contribution in [2.45, 2.75) is 49.3 Å². The van der Waals surface area contributed by atoms with Crippen LogP contribution in [0.3, 0.4) is 0 Å². The lowest BCUT2D eigenvalue weighted by molar-refractivity contribution is -0.177. The zero-order valence-electron chi connectivity index (χ0n) is 16.5. The predicted molar refractivity (Wildman–Crippen MR) is 93.7 cm³/mol. The first-order valence-corrected chi connectivity index (χ1v) is 8.50. The number of hydrogen-bond donors (Lipinski definition) is 7. The molecule has 17 nitrogen and oxygen atoms in total. The van der Waals surface area contributed by atoms with Crippen LogP contribution in [0.15, 0.2) is 0 Å². The number of carbonyl (C=O) groups excluding carboxylic acids is 4. The van der Waals surface area contributed by atoms with Gasteiger partial charge in [0.2, 0.25) is 0 Å². The topological polar surface area (TPSA) is 302 Å². The maximum absolute atomic E-state index is 11.7. The highest BCUT2D eigenvalue weighted by Gasteiger charge is 2.43. The summed E-state index contributed by atoms with van der Waals surface area (Å²) in [7, 11) is 0. The quantitative estimate of drug-likeness (QED) is 0.0979. The van der Waals surface area contributed by atoms with Crippen LogP contribution < -0.4 is 5.73 Å². The smallest absolute Gasteiger partial charge is 0.336 e. The molecular formula is C16H19NO16. The van der Waals surface area contributed by atoms with Gasteiger partial charge in [-0.05, 0) is 0 Å². The van der Waals surface area contributed by atoms with Gasteiger partial charge >= 0.3 is 47.8 Å². The van der Waals surface area contributed by atoms with Crippen molar-refractivity contribution >= 4 is 47.8 Å². The minimum absolute atomic E-state index is 1.15. The zero-order valence-corrected chi connectivity index (χ0v) is 16.5. The highest BCUT2D eigenvalue weighted by atomic mass is 16.6. The van der Waals surface area contributed by atoms with E-state index in [9.17, 15) is 48.6 Å². The predicted octanol–water partition coefficient (Wildman–Crippen LogP) is -3.80. The Morgan fingerprint density at radius 1 is 0.636 bits per heavy atom. The van der Waals surface area contributed by atoms with E-state index >= 15 is 0 Å². The van der Waals surface area contributed by atoms with Gasteiger partial charge in [-0.3, -0.25) is 24.0 Å². The van der Waals surface area contributed by atoms with Crippen LogP contribution in [-0.4, -0.2) is 95.6 Å². The van der Waals surface area contributed by atoms with E-state index in [-0.39, 0.29) is 0 Å². The second kappa shape index (κ2) is 11.6. The van der Waals surface area contributed by atoms with Gasteiger partial charge in [0.05, 0.1) is 32.1 Å². The molecule has 33 heavy (non-hydrogen) atoms. The number of aliphatic hydroxyl groups is 2. The third-order valence-electron chi connectivity index (χ3n) is 3.69. The third kappa shape index (κ3) is 9.80. The standard InChI is InChI=1S/C16H19NO16/c17-6(12(25)33-11(24)5-16(31,14(28)29)3-8(20)21)1-9(22)32-10(23)4-15(30,13(26)27)2-7(18)19/h6,30-31H,1-5,17H2,(H,18,19)(H,20,21)(H,26,27)(H,28,29). The molecule has 0 aromatic heterocycles. The summed E-state index contributed by atoms with van der Waals surface area (Å²) in [6.07, 6.45) is -6.93. The van der Waals surface area contributed by atoms with Crippen molar-refractivity contribution in [2.75, 3.05) is 0 Å². The van der Waals surface area contributed by atoms with Gasteiger partial charge in [-0.2, -0.15) is 0 Å².